The third kappa shape index (κ3) is 5.22. The number of carbonyl (C=O) groups is 1. The molecule has 0 aliphatic rings. The first-order chi connectivity index (χ1) is 10.8. The Hall–Kier alpha value is -2.13. The molecule has 1 rings (SSSR count). The number of aliphatic hydroxyl groups excluding tert-OH is 1. The smallest absolute Gasteiger partial charge is 0.266 e. The van der Waals surface area contributed by atoms with Gasteiger partial charge in [0.1, 0.15) is 11.6 Å². The Morgan fingerprint density at radius 1 is 1.39 bits per heavy atom. The monoisotopic (exact) mass is 319 g/mol. The summed E-state index contributed by atoms with van der Waals surface area (Å²) < 4.78 is 0. The number of nitrogens with zero attached hydrogens (tertiary/aromatic N) is 1. The third-order valence-electron chi connectivity index (χ3n) is 3.86. The van der Waals surface area contributed by atoms with Crippen molar-refractivity contribution in [3.8, 4) is 6.07 Å². The maximum atomic E-state index is 12.1. The van der Waals surface area contributed by atoms with E-state index in [1.54, 1.807) is 13.8 Å². The van der Waals surface area contributed by atoms with Gasteiger partial charge in [0.2, 0.25) is 5.91 Å². The first-order valence-corrected chi connectivity index (χ1v) is 7.82. The molecule has 0 aliphatic carbocycles. The molecular formula is C17H25N3O3. The fraction of sp³-hybridized carbons (Fsp3) is 0.588. The highest BCUT2D eigenvalue weighted by Crippen LogP contribution is 2.15. The Morgan fingerprint density at radius 3 is 2.57 bits per heavy atom. The number of H-pyrrole nitrogens is 1. The zero-order chi connectivity index (χ0) is 17.6. The highest BCUT2D eigenvalue weighted by Gasteiger charge is 2.16. The Morgan fingerprint density at radius 2 is 2.04 bits per heavy atom. The van der Waals surface area contributed by atoms with Crippen LogP contribution in [-0.4, -0.2) is 28.6 Å². The maximum Gasteiger partial charge on any atom is 0.266 e. The average Bonchev–Trinajstić information content (AvgIpc) is 2.45. The van der Waals surface area contributed by atoms with E-state index in [1.807, 2.05) is 19.9 Å². The van der Waals surface area contributed by atoms with E-state index in [-0.39, 0.29) is 30.5 Å². The molecule has 1 amide bonds. The van der Waals surface area contributed by atoms with Crippen LogP contribution < -0.4 is 10.9 Å². The molecule has 0 aliphatic heterocycles. The number of hydrogen-bond donors (Lipinski definition) is 3. The molecule has 126 valence electrons. The number of carbonyl (C=O) groups excluding carboxylic acids is 1. The number of aryl methyl sites for hydroxylation is 1. The van der Waals surface area contributed by atoms with Crippen molar-refractivity contribution in [2.45, 2.75) is 53.0 Å². The zero-order valence-corrected chi connectivity index (χ0v) is 14.2. The van der Waals surface area contributed by atoms with Gasteiger partial charge in [-0.25, -0.2) is 0 Å². The van der Waals surface area contributed by atoms with Crippen molar-refractivity contribution < 1.29 is 9.90 Å². The summed E-state index contributed by atoms with van der Waals surface area (Å²) >= 11 is 0. The molecule has 6 nitrogen and oxygen atoms in total. The van der Waals surface area contributed by atoms with E-state index in [4.69, 9.17) is 5.26 Å². The molecule has 3 N–H and O–H groups in total. The fourth-order valence-electron chi connectivity index (χ4n) is 2.71. The topological polar surface area (TPSA) is 106 Å². The second-order valence-corrected chi connectivity index (χ2v) is 6.25. The number of hydrogen-bond acceptors (Lipinski definition) is 4. The minimum Gasteiger partial charge on any atom is -0.394 e. The Kier molecular flexibility index (Phi) is 6.98. The van der Waals surface area contributed by atoms with Crippen LogP contribution in [0, 0.1) is 31.1 Å². The highest BCUT2D eigenvalue weighted by molar-refractivity contribution is 5.76. The Labute approximate surface area is 136 Å². The first kappa shape index (κ1) is 18.9. The summed E-state index contributed by atoms with van der Waals surface area (Å²) in [6.45, 7) is 7.47. The van der Waals surface area contributed by atoms with E-state index in [1.165, 1.54) is 0 Å². The first-order valence-electron chi connectivity index (χ1n) is 7.82. The van der Waals surface area contributed by atoms with Crippen molar-refractivity contribution in [3.63, 3.8) is 0 Å². The van der Waals surface area contributed by atoms with Gasteiger partial charge < -0.3 is 15.4 Å². The minimum atomic E-state index is -0.395. The lowest BCUT2D eigenvalue weighted by molar-refractivity contribution is -0.122. The summed E-state index contributed by atoms with van der Waals surface area (Å²) in [5, 5.41) is 21.2. The molecule has 0 spiro atoms. The summed E-state index contributed by atoms with van der Waals surface area (Å²) in [7, 11) is 0. The fourth-order valence-corrected chi connectivity index (χ4v) is 2.71. The normalized spacial score (nSPS) is 12.0. The van der Waals surface area contributed by atoms with E-state index >= 15 is 0 Å². The molecule has 0 saturated carbocycles. The van der Waals surface area contributed by atoms with Crippen LogP contribution in [0.3, 0.4) is 0 Å². The van der Waals surface area contributed by atoms with Crippen LogP contribution in [0.1, 0.15) is 49.1 Å². The van der Waals surface area contributed by atoms with Crippen LogP contribution in [-0.2, 0) is 11.2 Å². The van der Waals surface area contributed by atoms with Gasteiger partial charge in [-0.2, -0.15) is 5.26 Å². The van der Waals surface area contributed by atoms with Gasteiger partial charge in [-0.1, -0.05) is 13.8 Å². The Balaban J connectivity index is 2.77. The SMILES string of the molecule is Cc1[nH]c(=O)c(C#N)c(C)c1CCC(=O)NC(CO)CC(C)C. The van der Waals surface area contributed by atoms with E-state index < -0.39 is 5.56 Å². The molecule has 1 aromatic heterocycles. The molecule has 0 aromatic carbocycles. The van der Waals surface area contributed by atoms with Crippen molar-refractivity contribution in [3.05, 3.63) is 32.7 Å². The quantitative estimate of drug-likeness (QED) is 0.704. The lowest BCUT2D eigenvalue weighted by Gasteiger charge is -2.18. The highest BCUT2D eigenvalue weighted by atomic mass is 16.3. The number of aromatic nitrogens is 1. The summed E-state index contributed by atoms with van der Waals surface area (Å²) in [4.78, 5) is 26.4. The van der Waals surface area contributed by atoms with Gasteiger partial charge >= 0.3 is 0 Å². The standard InChI is InChI=1S/C17H25N3O3/c1-10(2)7-13(9-21)20-16(22)6-5-14-11(3)15(8-18)17(23)19-12(14)4/h10,13,21H,5-7,9H2,1-4H3,(H,19,23)(H,20,22). The van der Waals surface area contributed by atoms with Crippen LogP contribution in [0.5, 0.6) is 0 Å². The number of pyridine rings is 1. The molecule has 0 saturated heterocycles. The molecular weight excluding hydrogens is 294 g/mol. The minimum absolute atomic E-state index is 0.0841. The predicted octanol–water partition coefficient (Wildman–Crippen LogP) is 1.32. The van der Waals surface area contributed by atoms with E-state index in [9.17, 15) is 14.7 Å². The zero-order valence-electron chi connectivity index (χ0n) is 14.2. The lowest BCUT2D eigenvalue weighted by atomic mass is 9.98. The molecule has 1 heterocycles. The van der Waals surface area contributed by atoms with Gasteiger partial charge in [-0.3, -0.25) is 9.59 Å². The van der Waals surface area contributed by atoms with Crippen LogP contribution >= 0.6 is 0 Å². The summed E-state index contributed by atoms with van der Waals surface area (Å²) in [6, 6.07) is 1.66. The largest absolute Gasteiger partial charge is 0.394 e. The van der Waals surface area contributed by atoms with Gasteiger partial charge in [0.15, 0.2) is 0 Å². The number of nitrogens with one attached hydrogen (secondary N) is 2. The number of amides is 1. The molecule has 1 unspecified atom stereocenters. The van der Waals surface area contributed by atoms with Crippen molar-refractivity contribution in [2.24, 2.45) is 5.92 Å². The molecule has 6 heteroatoms. The molecule has 1 aromatic rings. The summed E-state index contributed by atoms with van der Waals surface area (Å²) in [5.74, 6) is 0.238. The summed E-state index contributed by atoms with van der Waals surface area (Å²) in [6.07, 6.45) is 1.40. The molecule has 0 fully saturated rings. The second kappa shape index (κ2) is 8.49. The van der Waals surface area contributed by atoms with Gasteiger partial charge in [0.05, 0.1) is 12.6 Å². The van der Waals surface area contributed by atoms with E-state index in [2.05, 4.69) is 10.3 Å². The Bertz CT molecular complexity index is 656. The lowest BCUT2D eigenvalue weighted by Crippen LogP contribution is -2.38. The van der Waals surface area contributed by atoms with Crippen molar-refractivity contribution in [1.82, 2.24) is 10.3 Å². The van der Waals surface area contributed by atoms with Crippen molar-refractivity contribution in [1.29, 1.82) is 5.26 Å². The van der Waals surface area contributed by atoms with Gasteiger partial charge in [0, 0.05) is 12.1 Å². The van der Waals surface area contributed by atoms with Crippen LogP contribution in [0.2, 0.25) is 0 Å². The predicted molar refractivity (Wildman–Crippen MR) is 88.0 cm³/mol. The number of aromatic amines is 1. The second-order valence-electron chi connectivity index (χ2n) is 6.25. The van der Waals surface area contributed by atoms with Gasteiger partial charge in [-0.15, -0.1) is 0 Å². The molecule has 23 heavy (non-hydrogen) atoms. The molecule has 0 radical (unpaired) electrons. The third-order valence-corrected chi connectivity index (χ3v) is 3.86. The van der Waals surface area contributed by atoms with E-state index in [0.717, 1.165) is 12.0 Å². The molecule has 1 atom stereocenters. The van der Waals surface area contributed by atoms with Crippen LogP contribution in [0.4, 0.5) is 0 Å². The van der Waals surface area contributed by atoms with Crippen molar-refractivity contribution >= 4 is 5.91 Å². The van der Waals surface area contributed by atoms with Crippen LogP contribution in [0.15, 0.2) is 4.79 Å². The van der Waals surface area contributed by atoms with Crippen molar-refractivity contribution in [2.75, 3.05) is 6.61 Å². The van der Waals surface area contributed by atoms with Gasteiger partial charge in [0.25, 0.3) is 5.56 Å². The number of aliphatic hydroxyl groups is 1. The maximum absolute atomic E-state index is 12.1. The van der Waals surface area contributed by atoms with Crippen LogP contribution in [0.25, 0.3) is 0 Å². The average molecular weight is 319 g/mol. The van der Waals surface area contributed by atoms with Gasteiger partial charge in [-0.05, 0) is 43.7 Å². The molecule has 0 bridgehead atoms. The van der Waals surface area contributed by atoms with E-state index in [0.29, 0.717) is 23.6 Å². The number of nitriles is 1. The summed E-state index contributed by atoms with van der Waals surface area (Å²) in [5.41, 5.74) is 1.83. The number of rotatable bonds is 7.